The Hall–Kier alpha value is -2.36. The molecule has 2 rings (SSSR count). The first-order valence-corrected chi connectivity index (χ1v) is 6.42. The second-order valence-electron chi connectivity index (χ2n) is 4.57. The summed E-state index contributed by atoms with van der Waals surface area (Å²) < 4.78 is 13.0. The maximum absolute atomic E-state index is 13.0. The Morgan fingerprint density at radius 2 is 1.85 bits per heavy atom. The van der Waals surface area contributed by atoms with E-state index >= 15 is 0 Å². The second-order valence-corrected chi connectivity index (χ2v) is 4.57. The van der Waals surface area contributed by atoms with Crippen LogP contribution in [0.25, 0.3) is 0 Å². The lowest BCUT2D eigenvalue weighted by molar-refractivity contribution is -0.120. The number of hydrogen-bond acceptors (Lipinski definition) is 2. The van der Waals surface area contributed by atoms with Gasteiger partial charge in [-0.3, -0.25) is 4.79 Å². The minimum atomic E-state index is -0.334. The molecule has 0 saturated carbocycles. The number of carbonyl (C=O) groups excluding carboxylic acids is 1. The number of carbonyl (C=O) groups is 1. The lowest BCUT2D eigenvalue weighted by atomic mass is 10.1. The fourth-order valence-corrected chi connectivity index (χ4v) is 1.90. The largest absolute Gasteiger partial charge is 0.508 e. The number of hydrogen-bond donors (Lipinski definition) is 2. The van der Waals surface area contributed by atoms with Crippen LogP contribution < -0.4 is 5.32 Å². The molecule has 0 aliphatic heterocycles. The summed E-state index contributed by atoms with van der Waals surface area (Å²) in [4.78, 5) is 11.7. The molecule has 3 nitrogen and oxygen atoms in total. The molecule has 104 valence electrons. The number of amides is 1. The molecule has 0 atom stereocenters. The van der Waals surface area contributed by atoms with Gasteiger partial charge in [-0.05, 0) is 41.8 Å². The summed E-state index contributed by atoms with van der Waals surface area (Å²) >= 11 is 0. The molecule has 0 aliphatic rings. The smallest absolute Gasteiger partial charge is 0.224 e. The third-order valence-electron chi connectivity index (χ3n) is 2.93. The normalized spacial score (nSPS) is 10.2. The lowest BCUT2D eigenvalue weighted by Crippen LogP contribution is -2.27. The van der Waals surface area contributed by atoms with Crippen LogP contribution in [0.1, 0.15) is 11.1 Å². The highest BCUT2D eigenvalue weighted by Gasteiger charge is 2.04. The van der Waals surface area contributed by atoms with Gasteiger partial charge in [0.1, 0.15) is 11.6 Å². The molecule has 4 heteroatoms. The van der Waals surface area contributed by atoms with Crippen molar-refractivity contribution in [1.29, 1.82) is 0 Å². The zero-order valence-electron chi connectivity index (χ0n) is 11.0. The molecule has 20 heavy (non-hydrogen) atoms. The first-order valence-electron chi connectivity index (χ1n) is 6.42. The monoisotopic (exact) mass is 273 g/mol. The predicted molar refractivity (Wildman–Crippen MR) is 74.9 cm³/mol. The fourth-order valence-electron chi connectivity index (χ4n) is 1.90. The van der Waals surface area contributed by atoms with Gasteiger partial charge < -0.3 is 10.4 Å². The molecule has 0 saturated heterocycles. The van der Waals surface area contributed by atoms with Crippen molar-refractivity contribution in [2.24, 2.45) is 0 Å². The van der Waals surface area contributed by atoms with Crippen LogP contribution in [0.3, 0.4) is 0 Å². The standard InChI is InChI=1S/C16H16FNO2/c17-14-3-1-2-13(10-14)11-16(20)18-9-8-12-4-6-15(19)7-5-12/h1-7,10,19H,8-9,11H2,(H,18,20). The van der Waals surface area contributed by atoms with Crippen LogP contribution in [0.5, 0.6) is 5.75 Å². The van der Waals surface area contributed by atoms with E-state index in [0.717, 1.165) is 5.56 Å². The van der Waals surface area contributed by atoms with Gasteiger partial charge in [-0.25, -0.2) is 4.39 Å². The van der Waals surface area contributed by atoms with E-state index in [4.69, 9.17) is 5.11 Å². The topological polar surface area (TPSA) is 49.3 Å². The maximum Gasteiger partial charge on any atom is 0.224 e. The summed E-state index contributed by atoms with van der Waals surface area (Å²) in [5.74, 6) is -0.238. The summed E-state index contributed by atoms with van der Waals surface area (Å²) in [7, 11) is 0. The molecule has 0 heterocycles. The highest BCUT2D eigenvalue weighted by Crippen LogP contribution is 2.09. The lowest BCUT2D eigenvalue weighted by Gasteiger charge is -2.06. The Bertz CT molecular complexity index is 581. The SMILES string of the molecule is O=C(Cc1cccc(F)c1)NCCc1ccc(O)cc1. The van der Waals surface area contributed by atoms with Gasteiger partial charge in [0, 0.05) is 6.54 Å². The van der Waals surface area contributed by atoms with E-state index in [1.165, 1.54) is 12.1 Å². The number of phenols is 1. The Kier molecular flexibility index (Phi) is 4.71. The van der Waals surface area contributed by atoms with E-state index in [1.807, 2.05) is 12.1 Å². The highest BCUT2D eigenvalue weighted by molar-refractivity contribution is 5.78. The molecule has 0 fully saturated rings. The van der Waals surface area contributed by atoms with E-state index in [2.05, 4.69) is 5.32 Å². The van der Waals surface area contributed by atoms with Gasteiger partial charge in [-0.2, -0.15) is 0 Å². The molecule has 2 N–H and O–H groups in total. The van der Waals surface area contributed by atoms with Crippen molar-refractivity contribution in [3.8, 4) is 5.75 Å². The quantitative estimate of drug-likeness (QED) is 0.879. The van der Waals surface area contributed by atoms with E-state index < -0.39 is 0 Å². The summed E-state index contributed by atoms with van der Waals surface area (Å²) in [6.07, 6.45) is 0.864. The Morgan fingerprint density at radius 3 is 2.55 bits per heavy atom. The molecular formula is C16H16FNO2. The molecule has 2 aromatic carbocycles. The fraction of sp³-hybridized carbons (Fsp3) is 0.188. The number of aromatic hydroxyl groups is 1. The van der Waals surface area contributed by atoms with Crippen molar-refractivity contribution in [3.63, 3.8) is 0 Å². The van der Waals surface area contributed by atoms with Crippen LogP contribution in [-0.4, -0.2) is 17.6 Å². The molecule has 2 aromatic rings. The van der Waals surface area contributed by atoms with Crippen molar-refractivity contribution in [2.75, 3.05) is 6.54 Å². The first-order chi connectivity index (χ1) is 9.63. The minimum absolute atomic E-state index is 0.130. The van der Waals surface area contributed by atoms with Crippen LogP contribution in [0, 0.1) is 5.82 Å². The van der Waals surface area contributed by atoms with Gasteiger partial charge in [0.2, 0.25) is 5.91 Å². The van der Waals surface area contributed by atoms with Gasteiger partial charge in [0.05, 0.1) is 6.42 Å². The predicted octanol–water partition coefficient (Wildman–Crippen LogP) is 2.43. The van der Waals surface area contributed by atoms with Crippen molar-refractivity contribution in [2.45, 2.75) is 12.8 Å². The van der Waals surface area contributed by atoms with Crippen LogP contribution in [0.15, 0.2) is 48.5 Å². The van der Waals surface area contributed by atoms with E-state index in [0.29, 0.717) is 18.5 Å². The van der Waals surface area contributed by atoms with Crippen molar-refractivity contribution in [1.82, 2.24) is 5.32 Å². The van der Waals surface area contributed by atoms with Crippen LogP contribution in [-0.2, 0) is 17.6 Å². The molecule has 0 aliphatic carbocycles. The molecule has 1 amide bonds. The Balaban J connectivity index is 1.76. The van der Waals surface area contributed by atoms with Crippen LogP contribution in [0.2, 0.25) is 0 Å². The number of rotatable bonds is 5. The zero-order valence-corrected chi connectivity index (χ0v) is 11.0. The highest BCUT2D eigenvalue weighted by atomic mass is 19.1. The zero-order chi connectivity index (χ0) is 14.4. The van der Waals surface area contributed by atoms with Gasteiger partial charge >= 0.3 is 0 Å². The van der Waals surface area contributed by atoms with E-state index in [1.54, 1.807) is 24.3 Å². The van der Waals surface area contributed by atoms with Crippen molar-refractivity contribution in [3.05, 3.63) is 65.5 Å². The van der Waals surface area contributed by atoms with E-state index in [-0.39, 0.29) is 23.9 Å². The van der Waals surface area contributed by atoms with Crippen molar-refractivity contribution < 1.29 is 14.3 Å². The molecule has 0 aromatic heterocycles. The van der Waals surface area contributed by atoms with E-state index in [9.17, 15) is 9.18 Å². The second kappa shape index (κ2) is 6.70. The van der Waals surface area contributed by atoms with Gasteiger partial charge in [-0.1, -0.05) is 24.3 Å². The summed E-state index contributed by atoms with van der Waals surface area (Å²) in [5, 5.41) is 11.9. The number of halogens is 1. The number of phenolic OH excluding ortho intramolecular Hbond substituents is 1. The number of benzene rings is 2. The van der Waals surface area contributed by atoms with Gasteiger partial charge in [0.15, 0.2) is 0 Å². The first kappa shape index (κ1) is 14.1. The molecule has 0 unspecified atom stereocenters. The third-order valence-corrected chi connectivity index (χ3v) is 2.93. The molecule has 0 bridgehead atoms. The minimum Gasteiger partial charge on any atom is -0.508 e. The molecule has 0 spiro atoms. The number of nitrogens with one attached hydrogen (secondary N) is 1. The van der Waals surface area contributed by atoms with Crippen LogP contribution >= 0.6 is 0 Å². The summed E-state index contributed by atoms with van der Waals surface area (Å²) in [5.41, 5.74) is 1.70. The third kappa shape index (κ3) is 4.39. The maximum atomic E-state index is 13.0. The average Bonchev–Trinajstić information content (AvgIpc) is 2.41. The molecular weight excluding hydrogens is 257 g/mol. The van der Waals surface area contributed by atoms with Crippen LogP contribution in [0.4, 0.5) is 4.39 Å². The summed E-state index contributed by atoms with van der Waals surface area (Å²) in [6.45, 7) is 0.513. The average molecular weight is 273 g/mol. The van der Waals surface area contributed by atoms with Gasteiger partial charge in [-0.15, -0.1) is 0 Å². The van der Waals surface area contributed by atoms with Crippen molar-refractivity contribution >= 4 is 5.91 Å². The summed E-state index contributed by atoms with van der Waals surface area (Å²) in [6, 6.07) is 12.9. The Labute approximate surface area is 117 Å². The Morgan fingerprint density at radius 1 is 1.10 bits per heavy atom. The van der Waals surface area contributed by atoms with Gasteiger partial charge in [0.25, 0.3) is 0 Å². The molecule has 0 radical (unpaired) electrons.